The number of hydrogen-bond acceptors (Lipinski definition) is 5. The molecule has 1 aliphatic heterocycles. The van der Waals surface area contributed by atoms with Crippen LogP contribution in [-0.4, -0.2) is 40.0 Å². The first-order valence-electron chi connectivity index (χ1n) is 6.92. The molecule has 1 aliphatic rings. The summed E-state index contributed by atoms with van der Waals surface area (Å²) in [6.45, 7) is 4.88. The van der Waals surface area contributed by atoms with Crippen LogP contribution < -0.4 is 4.74 Å². The van der Waals surface area contributed by atoms with E-state index in [1.807, 2.05) is 13.8 Å². The molecule has 0 radical (unpaired) electrons. The van der Waals surface area contributed by atoms with Crippen LogP contribution in [0.4, 0.5) is 0 Å². The molecular formula is C15H17N3O3. The van der Waals surface area contributed by atoms with Gasteiger partial charge in [0.25, 0.3) is 5.91 Å². The molecule has 1 saturated heterocycles. The normalized spacial score (nSPS) is 18.0. The van der Waals surface area contributed by atoms with Crippen LogP contribution in [0, 0.1) is 13.8 Å². The van der Waals surface area contributed by atoms with Crippen molar-refractivity contribution in [3.63, 3.8) is 0 Å². The highest BCUT2D eigenvalue weighted by Gasteiger charge is 2.30. The average molecular weight is 287 g/mol. The maximum Gasteiger partial charge on any atom is 0.257 e. The summed E-state index contributed by atoms with van der Waals surface area (Å²) in [5.41, 5.74) is 0.632. The number of aryl methyl sites for hydroxylation is 2. The van der Waals surface area contributed by atoms with Crippen LogP contribution in [0.3, 0.4) is 0 Å². The maximum atomic E-state index is 12.5. The van der Waals surface area contributed by atoms with E-state index in [-0.39, 0.29) is 12.0 Å². The SMILES string of the molecule is Cc1cc(C(=O)N2CCC(Oc3cnccn3)C2)c(C)o1. The largest absolute Gasteiger partial charge is 0.471 e. The number of aromatic nitrogens is 2. The van der Waals surface area contributed by atoms with E-state index in [1.54, 1.807) is 29.6 Å². The number of carbonyl (C=O) groups excluding carboxylic acids is 1. The third kappa shape index (κ3) is 2.89. The fourth-order valence-electron chi connectivity index (χ4n) is 2.54. The van der Waals surface area contributed by atoms with Crippen LogP contribution in [0.1, 0.15) is 28.3 Å². The third-order valence-electron chi connectivity index (χ3n) is 3.53. The van der Waals surface area contributed by atoms with Crippen LogP contribution in [0.15, 0.2) is 29.1 Å². The number of nitrogens with zero attached hydrogens (tertiary/aromatic N) is 3. The molecule has 2 aromatic heterocycles. The van der Waals surface area contributed by atoms with E-state index < -0.39 is 0 Å². The summed E-state index contributed by atoms with van der Waals surface area (Å²) >= 11 is 0. The molecule has 1 fully saturated rings. The molecular weight excluding hydrogens is 270 g/mol. The Morgan fingerprint density at radius 1 is 1.43 bits per heavy atom. The molecule has 2 aromatic rings. The number of amides is 1. The zero-order valence-electron chi connectivity index (χ0n) is 12.1. The van der Waals surface area contributed by atoms with Gasteiger partial charge in [0.2, 0.25) is 5.88 Å². The van der Waals surface area contributed by atoms with Gasteiger partial charge in [0.1, 0.15) is 17.6 Å². The van der Waals surface area contributed by atoms with Crippen LogP contribution in [-0.2, 0) is 0 Å². The van der Waals surface area contributed by atoms with Crippen molar-refractivity contribution in [2.24, 2.45) is 0 Å². The summed E-state index contributed by atoms with van der Waals surface area (Å²) in [5.74, 6) is 1.90. The predicted molar refractivity (Wildman–Crippen MR) is 75.2 cm³/mol. The molecule has 0 bridgehead atoms. The van der Waals surface area contributed by atoms with Gasteiger partial charge in [0.15, 0.2) is 0 Å². The fourth-order valence-corrected chi connectivity index (χ4v) is 2.54. The van der Waals surface area contributed by atoms with Crippen LogP contribution in [0.25, 0.3) is 0 Å². The lowest BCUT2D eigenvalue weighted by Gasteiger charge is -2.16. The highest BCUT2D eigenvalue weighted by molar-refractivity contribution is 5.95. The average Bonchev–Trinajstić information content (AvgIpc) is 3.06. The van der Waals surface area contributed by atoms with Crippen molar-refractivity contribution in [2.45, 2.75) is 26.4 Å². The number of rotatable bonds is 3. The minimum absolute atomic E-state index is 0.00500. The molecule has 1 atom stereocenters. The van der Waals surface area contributed by atoms with E-state index in [0.29, 0.717) is 30.3 Å². The Hall–Kier alpha value is -2.37. The number of likely N-dealkylation sites (tertiary alicyclic amines) is 1. The molecule has 0 saturated carbocycles. The lowest BCUT2D eigenvalue weighted by molar-refractivity contribution is 0.0769. The van der Waals surface area contributed by atoms with E-state index in [0.717, 1.165) is 12.2 Å². The third-order valence-corrected chi connectivity index (χ3v) is 3.53. The summed E-state index contributed by atoms with van der Waals surface area (Å²) in [6.07, 6.45) is 5.51. The molecule has 110 valence electrons. The lowest BCUT2D eigenvalue weighted by Crippen LogP contribution is -2.31. The number of ether oxygens (including phenoxy) is 1. The molecule has 0 spiro atoms. The van der Waals surface area contributed by atoms with Gasteiger partial charge in [-0.15, -0.1) is 0 Å². The minimum Gasteiger partial charge on any atom is -0.471 e. The first-order chi connectivity index (χ1) is 10.1. The fraction of sp³-hybridized carbons (Fsp3) is 0.400. The highest BCUT2D eigenvalue weighted by Crippen LogP contribution is 2.21. The van der Waals surface area contributed by atoms with Gasteiger partial charge in [-0.25, -0.2) is 4.98 Å². The topological polar surface area (TPSA) is 68.5 Å². The van der Waals surface area contributed by atoms with Gasteiger partial charge < -0.3 is 14.1 Å². The minimum atomic E-state index is -0.0426. The van der Waals surface area contributed by atoms with Crippen molar-refractivity contribution in [3.05, 3.63) is 41.7 Å². The Balaban J connectivity index is 1.64. The zero-order chi connectivity index (χ0) is 14.8. The van der Waals surface area contributed by atoms with Gasteiger partial charge in [-0.2, -0.15) is 0 Å². The second kappa shape index (κ2) is 5.55. The van der Waals surface area contributed by atoms with Crippen molar-refractivity contribution in [1.29, 1.82) is 0 Å². The van der Waals surface area contributed by atoms with E-state index in [1.165, 1.54) is 0 Å². The van der Waals surface area contributed by atoms with Gasteiger partial charge in [-0.1, -0.05) is 0 Å². The number of carbonyl (C=O) groups is 1. The first-order valence-corrected chi connectivity index (χ1v) is 6.92. The monoisotopic (exact) mass is 287 g/mol. The summed E-state index contributed by atoms with van der Waals surface area (Å²) in [5, 5.41) is 0. The Kier molecular flexibility index (Phi) is 3.60. The van der Waals surface area contributed by atoms with E-state index >= 15 is 0 Å². The molecule has 0 aliphatic carbocycles. The standard InChI is InChI=1S/C15H17N3O3/c1-10-7-13(11(2)20-10)15(19)18-6-3-12(9-18)21-14-8-16-4-5-17-14/h4-5,7-8,12H,3,6,9H2,1-2H3. The molecule has 21 heavy (non-hydrogen) atoms. The summed E-state index contributed by atoms with van der Waals surface area (Å²) < 4.78 is 11.2. The molecule has 3 heterocycles. The Morgan fingerprint density at radius 3 is 2.95 bits per heavy atom. The molecule has 0 N–H and O–H groups in total. The molecule has 1 amide bonds. The maximum absolute atomic E-state index is 12.5. The van der Waals surface area contributed by atoms with Crippen LogP contribution >= 0.6 is 0 Å². The van der Waals surface area contributed by atoms with Gasteiger partial charge >= 0.3 is 0 Å². The first kappa shape index (κ1) is 13.6. The second-order valence-electron chi connectivity index (χ2n) is 5.15. The van der Waals surface area contributed by atoms with E-state index in [9.17, 15) is 4.79 Å². The number of furan rings is 1. The molecule has 6 heteroatoms. The quantitative estimate of drug-likeness (QED) is 0.863. The zero-order valence-corrected chi connectivity index (χ0v) is 12.1. The highest BCUT2D eigenvalue weighted by atomic mass is 16.5. The smallest absolute Gasteiger partial charge is 0.257 e. The van der Waals surface area contributed by atoms with Crippen LogP contribution in [0.2, 0.25) is 0 Å². The lowest BCUT2D eigenvalue weighted by atomic mass is 10.2. The van der Waals surface area contributed by atoms with Gasteiger partial charge in [0.05, 0.1) is 18.3 Å². The van der Waals surface area contributed by atoms with Crippen LogP contribution in [0.5, 0.6) is 5.88 Å². The van der Waals surface area contributed by atoms with Crippen molar-refractivity contribution in [2.75, 3.05) is 13.1 Å². The molecule has 1 unspecified atom stereocenters. The molecule has 6 nitrogen and oxygen atoms in total. The molecule has 0 aromatic carbocycles. The summed E-state index contributed by atoms with van der Waals surface area (Å²) in [6, 6.07) is 1.79. The van der Waals surface area contributed by atoms with E-state index in [4.69, 9.17) is 9.15 Å². The summed E-state index contributed by atoms with van der Waals surface area (Å²) in [7, 11) is 0. The van der Waals surface area contributed by atoms with Crippen molar-refractivity contribution >= 4 is 5.91 Å². The second-order valence-corrected chi connectivity index (χ2v) is 5.15. The van der Waals surface area contributed by atoms with Gasteiger partial charge in [-0.05, 0) is 19.9 Å². The Morgan fingerprint density at radius 2 is 2.29 bits per heavy atom. The predicted octanol–water partition coefficient (Wildman–Crippen LogP) is 1.98. The number of hydrogen-bond donors (Lipinski definition) is 0. The summed E-state index contributed by atoms with van der Waals surface area (Å²) in [4.78, 5) is 22.3. The van der Waals surface area contributed by atoms with E-state index in [2.05, 4.69) is 9.97 Å². The Bertz CT molecular complexity index is 639. The van der Waals surface area contributed by atoms with Gasteiger partial charge in [0, 0.05) is 25.4 Å². The van der Waals surface area contributed by atoms with Crippen molar-refractivity contribution < 1.29 is 13.9 Å². The van der Waals surface area contributed by atoms with Crippen molar-refractivity contribution in [1.82, 2.24) is 14.9 Å². The molecule has 3 rings (SSSR count). The van der Waals surface area contributed by atoms with Gasteiger partial charge in [-0.3, -0.25) is 9.78 Å². The Labute approximate surface area is 122 Å². The van der Waals surface area contributed by atoms with Crippen molar-refractivity contribution in [3.8, 4) is 5.88 Å².